The monoisotopic (exact) mass is 269 g/mol. The van der Waals surface area contributed by atoms with Crippen LogP contribution < -0.4 is 10.6 Å². The lowest BCUT2D eigenvalue weighted by Gasteiger charge is -2.35. The standard InChI is InChI=1S/C14H27N3O2/c18-11-14(19)16-9-12-3-7-17(8-4-12)10-13-1-5-15-6-2-13/h12-13,15,18H,1-11H2,(H,16,19). The van der Waals surface area contributed by atoms with Gasteiger partial charge < -0.3 is 20.6 Å². The van der Waals surface area contributed by atoms with E-state index in [9.17, 15) is 4.79 Å². The van der Waals surface area contributed by atoms with Gasteiger partial charge in [-0.05, 0) is 63.7 Å². The predicted octanol–water partition coefficient (Wildman–Crippen LogP) is -0.193. The van der Waals surface area contributed by atoms with E-state index >= 15 is 0 Å². The fraction of sp³-hybridized carbons (Fsp3) is 0.929. The number of hydrogen-bond donors (Lipinski definition) is 3. The molecule has 5 nitrogen and oxygen atoms in total. The van der Waals surface area contributed by atoms with Crippen molar-refractivity contribution >= 4 is 5.91 Å². The van der Waals surface area contributed by atoms with Crippen molar-refractivity contribution in [3.05, 3.63) is 0 Å². The Morgan fingerprint density at radius 2 is 1.84 bits per heavy atom. The van der Waals surface area contributed by atoms with Gasteiger partial charge in [-0.2, -0.15) is 0 Å². The lowest BCUT2D eigenvalue weighted by Crippen LogP contribution is -2.42. The van der Waals surface area contributed by atoms with Gasteiger partial charge in [-0.25, -0.2) is 0 Å². The molecule has 0 saturated carbocycles. The summed E-state index contributed by atoms with van der Waals surface area (Å²) in [5.41, 5.74) is 0. The summed E-state index contributed by atoms with van der Waals surface area (Å²) in [5, 5.41) is 14.9. The van der Waals surface area contributed by atoms with Crippen molar-refractivity contribution < 1.29 is 9.90 Å². The summed E-state index contributed by atoms with van der Waals surface area (Å²) in [6, 6.07) is 0. The first kappa shape index (κ1) is 14.8. The molecule has 0 spiro atoms. The molecule has 3 N–H and O–H groups in total. The third kappa shape index (κ3) is 5.09. The average molecular weight is 269 g/mol. The Bertz CT molecular complexity index is 272. The molecule has 2 aliphatic rings. The van der Waals surface area contributed by atoms with Crippen LogP contribution >= 0.6 is 0 Å². The number of carbonyl (C=O) groups excluding carboxylic acids is 1. The second kappa shape index (κ2) is 7.82. The van der Waals surface area contributed by atoms with Crippen LogP contribution in [0.5, 0.6) is 0 Å². The molecule has 0 radical (unpaired) electrons. The van der Waals surface area contributed by atoms with E-state index in [1.165, 1.54) is 32.5 Å². The van der Waals surface area contributed by atoms with Crippen molar-refractivity contribution in [2.24, 2.45) is 11.8 Å². The number of nitrogens with one attached hydrogen (secondary N) is 2. The lowest BCUT2D eigenvalue weighted by atomic mass is 9.93. The summed E-state index contributed by atoms with van der Waals surface area (Å²) in [4.78, 5) is 13.6. The number of aliphatic hydroxyl groups excluding tert-OH is 1. The first-order valence-corrected chi connectivity index (χ1v) is 7.58. The molecule has 0 bridgehead atoms. The lowest BCUT2D eigenvalue weighted by molar-refractivity contribution is -0.124. The van der Waals surface area contributed by atoms with Gasteiger partial charge in [-0.15, -0.1) is 0 Å². The summed E-state index contributed by atoms with van der Waals surface area (Å²) in [7, 11) is 0. The molecule has 0 aliphatic carbocycles. The molecule has 0 aromatic carbocycles. The molecule has 2 saturated heterocycles. The van der Waals surface area contributed by atoms with Crippen LogP contribution in [0.1, 0.15) is 25.7 Å². The molecule has 1 amide bonds. The fourth-order valence-electron chi connectivity index (χ4n) is 3.12. The SMILES string of the molecule is O=C(CO)NCC1CCN(CC2CCNCC2)CC1. The highest BCUT2D eigenvalue weighted by Gasteiger charge is 2.22. The number of rotatable bonds is 5. The van der Waals surface area contributed by atoms with Gasteiger partial charge in [0, 0.05) is 13.1 Å². The van der Waals surface area contributed by atoms with Gasteiger partial charge in [0.25, 0.3) is 0 Å². The van der Waals surface area contributed by atoms with Crippen LogP contribution in [-0.4, -0.2) is 61.8 Å². The van der Waals surface area contributed by atoms with Gasteiger partial charge in [0.15, 0.2) is 0 Å². The van der Waals surface area contributed by atoms with Crippen LogP contribution in [0.2, 0.25) is 0 Å². The number of aliphatic hydroxyl groups is 1. The summed E-state index contributed by atoms with van der Waals surface area (Å²) in [6.07, 6.45) is 4.95. The van der Waals surface area contributed by atoms with E-state index in [2.05, 4.69) is 15.5 Å². The first-order valence-electron chi connectivity index (χ1n) is 7.58. The molecule has 2 fully saturated rings. The Balaban J connectivity index is 1.60. The Hall–Kier alpha value is -0.650. The quantitative estimate of drug-likeness (QED) is 0.647. The largest absolute Gasteiger partial charge is 0.387 e. The molecule has 0 atom stereocenters. The third-order valence-corrected chi connectivity index (χ3v) is 4.41. The summed E-state index contributed by atoms with van der Waals surface area (Å²) >= 11 is 0. The van der Waals surface area contributed by atoms with Crippen LogP contribution in [-0.2, 0) is 4.79 Å². The number of hydrogen-bond acceptors (Lipinski definition) is 4. The maximum Gasteiger partial charge on any atom is 0.245 e. The van der Waals surface area contributed by atoms with Crippen LogP contribution in [0, 0.1) is 11.8 Å². The molecule has 5 heteroatoms. The maximum absolute atomic E-state index is 11.0. The second-order valence-corrected chi connectivity index (χ2v) is 5.90. The van der Waals surface area contributed by atoms with Crippen LogP contribution in [0.25, 0.3) is 0 Å². The molecule has 0 aromatic heterocycles. The van der Waals surface area contributed by atoms with Gasteiger partial charge in [0.1, 0.15) is 6.61 Å². The van der Waals surface area contributed by atoms with E-state index in [1.807, 2.05) is 0 Å². The summed E-state index contributed by atoms with van der Waals surface area (Å²) < 4.78 is 0. The van der Waals surface area contributed by atoms with Crippen molar-refractivity contribution in [2.75, 3.05) is 45.9 Å². The van der Waals surface area contributed by atoms with E-state index in [0.717, 1.165) is 38.4 Å². The zero-order valence-corrected chi connectivity index (χ0v) is 11.7. The van der Waals surface area contributed by atoms with Crippen molar-refractivity contribution in [3.8, 4) is 0 Å². The Morgan fingerprint density at radius 1 is 1.16 bits per heavy atom. The van der Waals surface area contributed by atoms with Gasteiger partial charge in [0.2, 0.25) is 5.91 Å². The molecule has 2 heterocycles. The van der Waals surface area contributed by atoms with Gasteiger partial charge >= 0.3 is 0 Å². The van der Waals surface area contributed by atoms with E-state index in [0.29, 0.717) is 5.92 Å². The molecule has 19 heavy (non-hydrogen) atoms. The smallest absolute Gasteiger partial charge is 0.245 e. The Labute approximate surface area is 115 Å². The number of amides is 1. The molecule has 0 aromatic rings. The number of nitrogens with zero attached hydrogens (tertiary/aromatic N) is 1. The normalized spacial score (nSPS) is 23.4. The summed E-state index contributed by atoms with van der Waals surface area (Å²) in [6.45, 7) is 6.24. The molecular weight excluding hydrogens is 242 g/mol. The molecule has 2 aliphatic heterocycles. The van der Waals surface area contributed by atoms with E-state index < -0.39 is 6.61 Å². The topological polar surface area (TPSA) is 64.6 Å². The van der Waals surface area contributed by atoms with Gasteiger partial charge in [-0.3, -0.25) is 4.79 Å². The van der Waals surface area contributed by atoms with Crippen molar-refractivity contribution in [1.29, 1.82) is 0 Å². The second-order valence-electron chi connectivity index (χ2n) is 5.90. The van der Waals surface area contributed by atoms with Crippen LogP contribution in [0.3, 0.4) is 0 Å². The minimum absolute atomic E-state index is 0.253. The van der Waals surface area contributed by atoms with Crippen molar-refractivity contribution in [1.82, 2.24) is 15.5 Å². The Morgan fingerprint density at radius 3 is 2.47 bits per heavy atom. The predicted molar refractivity (Wildman–Crippen MR) is 74.9 cm³/mol. The average Bonchev–Trinajstić information content (AvgIpc) is 2.47. The molecule has 0 unspecified atom stereocenters. The van der Waals surface area contributed by atoms with Crippen molar-refractivity contribution in [2.45, 2.75) is 25.7 Å². The van der Waals surface area contributed by atoms with Crippen molar-refractivity contribution in [3.63, 3.8) is 0 Å². The van der Waals surface area contributed by atoms with E-state index in [1.54, 1.807) is 0 Å². The maximum atomic E-state index is 11.0. The zero-order chi connectivity index (χ0) is 13.5. The fourth-order valence-corrected chi connectivity index (χ4v) is 3.12. The summed E-state index contributed by atoms with van der Waals surface area (Å²) in [5.74, 6) is 1.20. The van der Waals surface area contributed by atoms with Crippen LogP contribution in [0.4, 0.5) is 0 Å². The highest BCUT2D eigenvalue weighted by atomic mass is 16.3. The minimum Gasteiger partial charge on any atom is -0.387 e. The first-order chi connectivity index (χ1) is 9.28. The molecular formula is C14H27N3O2. The highest BCUT2D eigenvalue weighted by molar-refractivity contribution is 5.76. The number of likely N-dealkylation sites (tertiary alicyclic amines) is 1. The third-order valence-electron chi connectivity index (χ3n) is 4.41. The van der Waals surface area contributed by atoms with Gasteiger partial charge in [-0.1, -0.05) is 0 Å². The highest BCUT2D eigenvalue weighted by Crippen LogP contribution is 2.20. The number of carbonyl (C=O) groups is 1. The van der Waals surface area contributed by atoms with E-state index in [4.69, 9.17) is 5.11 Å². The number of piperidine rings is 2. The van der Waals surface area contributed by atoms with Crippen LogP contribution in [0.15, 0.2) is 0 Å². The minimum atomic E-state index is -0.394. The molecule has 2 rings (SSSR count). The zero-order valence-electron chi connectivity index (χ0n) is 11.7. The van der Waals surface area contributed by atoms with Gasteiger partial charge in [0.05, 0.1) is 0 Å². The van der Waals surface area contributed by atoms with E-state index in [-0.39, 0.29) is 5.91 Å². The molecule has 110 valence electrons. The Kier molecular flexibility index (Phi) is 6.07.